The summed E-state index contributed by atoms with van der Waals surface area (Å²) in [6.45, 7) is 4.06. The van der Waals surface area contributed by atoms with E-state index in [0.29, 0.717) is 31.0 Å². The SMILES string of the molecule is Cc1noc(C)c1S(=O)(=O)N1CCC(N)C1.Cl. The molecule has 2 rings (SSSR count). The van der Waals surface area contributed by atoms with E-state index in [1.807, 2.05) is 0 Å². The van der Waals surface area contributed by atoms with Crippen LogP contribution in [-0.4, -0.2) is 37.0 Å². The molecule has 1 saturated heterocycles. The second kappa shape index (κ2) is 4.93. The van der Waals surface area contributed by atoms with Crippen molar-refractivity contribution in [2.24, 2.45) is 5.73 Å². The quantitative estimate of drug-likeness (QED) is 0.849. The predicted molar refractivity (Wildman–Crippen MR) is 64.6 cm³/mol. The second-order valence-electron chi connectivity index (χ2n) is 4.07. The van der Waals surface area contributed by atoms with E-state index in [4.69, 9.17) is 10.3 Å². The summed E-state index contributed by atoms with van der Waals surface area (Å²) in [5.74, 6) is 0.331. The minimum Gasteiger partial charge on any atom is -0.360 e. The first-order valence-electron chi connectivity index (χ1n) is 5.11. The molecule has 98 valence electrons. The number of nitrogens with zero attached hydrogens (tertiary/aromatic N) is 2. The Kier molecular flexibility index (Phi) is 4.19. The van der Waals surface area contributed by atoms with E-state index in [1.165, 1.54) is 4.31 Å². The fourth-order valence-corrected chi connectivity index (χ4v) is 3.75. The topological polar surface area (TPSA) is 89.4 Å². The van der Waals surface area contributed by atoms with Crippen LogP contribution in [0, 0.1) is 13.8 Å². The molecule has 1 aromatic rings. The van der Waals surface area contributed by atoms with Gasteiger partial charge in [0, 0.05) is 19.1 Å². The molecule has 0 aromatic carbocycles. The lowest BCUT2D eigenvalue weighted by Gasteiger charge is -2.15. The molecule has 2 N–H and O–H groups in total. The van der Waals surface area contributed by atoms with Crippen LogP contribution in [0.5, 0.6) is 0 Å². The van der Waals surface area contributed by atoms with Crippen molar-refractivity contribution in [1.29, 1.82) is 0 Å². The van der Waals surface area contributed by atoms with Gasteiger partial charge in [-0.1, -0.05) is 5.16 Å². The standard InChI is InChI=1S/C9H15N3O3S.ClH/c1-6-9(7(2)15-11-6)16(13,14)12-4-3-8(10)5-12;/h8H,3-5,10H2,1-2H3;1H. The molecular weight excluding hydrogens is 266 g/mol. The van der Waals surface area contributed by atoms with E-state index in [2.05, 4.69) is 5.16 Å². The van der Waals surface area contributed by atoms with Crippen LogP contribution in [0.3, 0.4) is 0 Å². The Bertz CT molecular complexity index is 480. The van der Waals surface area contributed by atoms with Gasteiger partial charge < -0.3 is 10.3 Å². The first kappa shape index (κ1) is 14.4. The average Bonchev–Trinajstić information content (AvgIpc) is 2.74. The van der Waals surface area contributed by atoms with Gasteiger partial charge >= 0.3 is 0 Å². The zero-order chi connectivity index (χ0) is 11.9. The molecule has 0 amide bonds. The summed E-state index contributed by atoms with van der Waals surface area (Å²) in [7, 11) is -3.49. The maximum Gasteiger partial charge on any atom is 0.248 e. The van der Waals surface area contributed by atoms with Crippen LogP contribution in [0.2, 0.25) is 0 Å². The lowest BCUT2D eigenvalue weighted by molar-refractivity contribution is 0.389. The van der Waals surface area contributed by atoms with E-state index in [-0.39, 0.29) is 23.3 Å². The van der Waals surface area contributed by atoms with Crippen LogP contribution in [0.1, 0.15) is 17.9 Å². The maximum absolute atomic E-state index is 12.3. The lowest BCUT2D eigenvalue weighted by atomic mass is 10.3. The Hall–Kier alpha value is -0.630. The number of aryl methyl sites for hydroxylation is 2. The van der Waals surface area contributed by atoms with Crippen LogP contribution < -0.4 is 5.73 Å². The molecule has 0 saturated carbocycles. The van der Waals surface area contributed by atoms with E-state index in [9.17, 15) is 8.42 Å². The number of aromatic nitrogens is 1. The zero-order valence-corrected chi connectivity index (χ0v) is 11.3. The monoisotopic (exact) mass is 281 g/mol. The highest BCUT2D eigenvalue weighted by atomic mass is 35.5. The molecule has 1 aliphatic rings. The van der Waals surface area contributed by atoms with Crippen molar-refractivity contribution >= 4 is 22.4 Å². The summed E-state index contributed by atoms with van der Waals surface area (Å²) in [5, 5.41) is 3.66. The normalized spacial score (nSPS) is 21.5. The van der Waals surface area contributed by atoms with Gasteiger partial charge in [-0.25, -0.2) is 8.42 Å². The summed E-state index contributed by atoms with van der Waals surface area (Å²) >= 11 is 0. The average molecular weight is 282 g/mol. The zero-order valence-electron chi connectivity index (χ0n) is 9.71. The van der Waals surface area contributed by atoms with Gasteiger partial charge in [0.2, 0.25) is 10.0 Å². The molecule has 6 nitrogen and oxygen atoms in total. The number of sulfonamides is 1. The van der Waals surface area contributed by atoms with Crippen LogP contribution in [0.4, 0.5) is 0 Å². The van der Waals surface area contributed by atoms with Crippen molar-refractivity contribution in [3.63, 3.8) is 0 Å². The van der Waals surface area contributed by atoms with Gasteiger partial charge in [0.05, 0.1) is 0 Å². The minimum absolute atomic E-state index is 0. The number of halogens is 1. The lowest BCUT2D eigenvalue weighted by Crippen LogP contribution is -2.32. The van der Waals surface area contributed by atoms with Crippen LogP contribution in [-0.2, 0) is 10.0 Å². The van der Waals surface area contributed by atoms with Crippen LogP contribution in [0.15, 0.2) is 9.42 Å². The number of nitrogens with two attached hydrogens (primary N) is 1. The van der Waals surface area contributed by atoms with Gasteiger partial charge in [-0.2, -0.15) is 4.31 Å². The molecule has 1 aromatic heterocycles. The molecule has 1 atom stereocenters. The number of hydrogen-bond acceptors (Lipinski definition) is 5. The van der Waals surface area contributed by atoms with E-state index < -0.39 is 10.0 Å². The molecule has 8 heteroatoms. The molecule has 1 unspecified atom stereocenters. The summed E-state index contributed by atoms with van der Waals surface area (Å²) < 4.78 is 30.8. The van der Waals surface area contributed by atoms with Crippen molar-refractivity contribution in [3.05, 3.63) is 11.5 Å². The summed E-state index contributed by atoms with van der Waals surface area (Å²) in [6, 6.07) is -0.0738. The fraction of sp³-hybridized carbons (Fsp3) is 0.667. The van der Waals surface area contributed by atoms with Gasteiger partial charge in [0.15, 0.2) is 5.76 Å². The van der Waals surface area contributed by atoms with Gasteiger partial charge in [-0.05, 0) is 20.3 Å². The van der Waals surface area contributed by atoms with Gasteiger partial charge in [0.1, 0.15) is 10.6 Å². The maximum atomic E-state index is 12.3. The molecule has 17 heavy (non-hydrogen) atoms. The smallest absolute Gasteiger partial charge is 0.248 e. The summed E-state index contributed by atoms with van der Waals surface area (Å²) in [6.07, 6.45) is 0.697. The number of rotatable bonds is 2. The number of hydrogen-bond donors (Lipinski definition) is 1. The van der Waals surface area contributed by atoms with Crippen LogP contribution >= 0.6 is 12.4 Å². The first-order valence-corrected chi connectivity index (χ1v) is 6.55. The largest absolute Gasteiger partial charge is 0.360 e. The third kappa shape index (κ3) is 2.47. The highest BCUT2D eigenvalue weighted by Gasteiger charge is 2.34. The summed E-state index contributed by atoms with van der Waals surface area (Å²) in [4.78, 5) is 0.182. The van der Waals surface area contributed by atoms with Crippen molar-refractivity contribution in [1.82, 2.24) is 9.46 Å². The Morgan fingerprint density at radius 3 is 2.53 bits per heavy atom. The first-order chi connectivity index (χ1) is 7.43. The highest BCUT2D eigenvalue weighted by Crippen LogP contribution is 2.25. The highest BCUT2D eigenvalue weighted by molar-refractivity contribution is 7.89. The molecule has 0 spiro atoms. The molecule has 2 heterocycles. The molecule has 0 radical (unpaired) electrons. The van der Waals surface area contributed by atoms with Gasteiger partial charge in [-0.15, -0.1) is 12.4 Å². The van der Waals surface area contributed by atoms with Crippen molar-refractivity contribution < 1.29 is 12.9 Å². The Morgan fingerprint density at radius 2 is 2.12 bits per heavy atom. The van der Waals surface area contributed by atoms with E-state index in [0.717, 1.165) is 0 Å². The van der Waals surface area contributed by atoms with Gasteiger partial charge in [0.25, 0.3) is 0 Å². The molecular formula is C9H16ClN3O3S. The summed E-state index contributed by atoms with van der Waals surface area (Å²) in [5.41, 5.74) is 6.11. The van der Waals surface area contributed by atoms with E-state index >= 15 is 0 Å². The fourth-order valence-electron chi connectivity index (χ4n) is 1.94. The van der Waals surface area contributed by atoms with Crippen molar-refractivity contribution in [3.8, 4) is 0 Å². The molecule has 1 aliphatic heterocycles. The Labute approximate surface area is 107 Å². The Morgan fingerprint density at radius 1 is 1.47 bits per heavy atom. The van der Waals surface area contributed by atoms with Crippen LogP contribution in [0.25, 0.3) is 0 Å². The third-order valence-electron chi connectivity index (χ3n) is 2.75. The van der Waals surface area contributed by atoms with Crippen molar-refractivity contribution in [2.75, 3.05) is 13.1 Å². The predicted octanol–water partition coefficient (Wildman–Crippen LogP) is 0.435. The van der Waals surface area contributed by atoms with Crippen molar-refractivity contribution in [2.45, 2.75) is 31.2 Å². The second-order valence-corrected chi connectivity index (χ2v) is 5.94. The van der Waals surface area contributed by atoms with Gasteiger partial charge in [-0.3, -0.25) is 0 Å². The third-order valence-corrected chi connectivity index (χ3v) is 4.86. The van der Waals surface area contributed by atoms with E-state index in [1.54, 1.807) is 13.8 Å². The minimum atomic E-state index is -3.49. The Balaban J connectivity index is 0.00000144. The molecule has 0 aliphatic carbocycles. The molecule has 0 bridgehead atoms. The molecule has 1 fully saturated rings.